The van der Waals surface area contributed by atoms with Gasteiger partial charge in [0.1, 0.15) is 0 Å². The average Bonchev–Trinajstić information content (AvgIpc) is 2.88. The van der Waals surface area contributed by atoms with E-state index in [9.17, 15) is 4.79 Å². The zero-order valence-corrected chi connectivity index (χ0v) is 14.6. The van der Waals surface area contributed by atoms with Crippen molar-refractivity contribution in [1.82, 2.24) is 14.8 Å². The van der Waals surface area contributed by atoms with Crippen LogP contribution in [0.3, 0.4) is 0 Å². The van der Waals surface area contributed by atoms with Crippen LogP contribution in [0, 0.1) is 6.92 Å². The second kappa shape index (κ2) is 7.72. The van der Waals surface area contributed by atoms with Gasteiger partial charge in [-0.3, -0.25) is 9.78 Å². The second-order valence-electron chi connectivity index (χ2n) is 5.40. The molecule has 0 fully saturated rings. The largest absolute Gasteiger partial charge is 0.332 e. The third-order valence-electron chi connectivity index (χ3n) is 3.25. The van der Waals surface area contributed by atoms with Crippen LogP contribution in [0.5, 0.6) is 0 Å². The number of pyridine rings is 1. The first-order valence-electron chi connectivity index (χ1n) is 7.06. The average molecular weight is 338 g/mol. The lowest BCUT2D eigenvalue weighted by Crippen LogP contribution is -2.36. The zero-order valence-electron chi connectivity index (χ0n) is 13.0. The van der Waals surface area contributed by atoms with E-state index in [1.54, 1.807) is 23.6 Å². The molecule has 0 unspecified atom stereocenters. The summed E-state index contributed by atoms with van der Waals surface area (Å²) in [5.74, 6) is -0.0553. The number of hydrogen-bond acceptors (Lipinski definition) is 4. The Labute approximate surface area is 140 Å². The molecule has 4 nitrogen and oxygen atoms in total. The number of nitrogens with zero attached hydrogens (tertiary/aromatic N) is 3. The number of amides is 1. The molecule has 0 aromatic carbocycles. The van der Waals surface area contributed by atoms with Gasteiger partial charge in [-0.2, -0.15) is 0 Å². The van der Waals surface area contributed by atoms with Crippen LogP contribution in [0.25, 0.3) is 0 Å². The highest BCUT2D eigenvalue weighted by atomic mass is 35.5. The molecule has 2 aromatic heterocycles. The molecular weight excluding hydrogens is 318 g/mol. The van der Waals surface area contributed by atoms with Crippen LogP contribution in [-0.2, 0) is 6.54 Å². The molecule has 6 heteroatoms. The third kappa shape index (κ3) is 4.53. The number of likely N-dealkylation sites (N-methyl/N-ethyl adjacent to an activating group) is 1. The van der Waals surface area contributed by atoms with Gasteiger partial charge < -0.3 is 9.80 Å². The first kappa shape index (κ1) is 16.9. The molecule has 1 amide bonds. The van der Waals surface area contributed by atoms with Gasteiger partial charge in [0, 0.05) is 35.2 Å². The monoisotopic (exact) mass is 337 g/mol. The van der Waals surface area contributed by atoms with E-state index < -0.39 is 0 Å². The minimum absolute atomic E-state index is 0.0553. The Balaban J connectivity index is 2.19. The molecule has 2 aromatic rings. The smallest absolute Gasteiger partial charge is 0.255 e. The Morgan fingerprint density at radius 2 is 2.05 bits per heavy atom. The van der Waals surface area contributed by atoms with E-state index in [4.69, 9.17) is 11.6 Å². The van der Waals surface area contributed by atoms with Gasteiger partial charge in [-0.1, -0.05) is 11.6 Å². The zero-order chi connectivity index (χ0) is 16.1. The predicted octanol–water partition coefficient (Wildman–Crippen LogP) is 3.31. The highest BCUT2D eigenvalue weighted by Crippen LogP contribution is 2.20. The maximum absolute atomic E-state index is 12.8. The normalized spacial score (nSPS) is 11.0. The summed E-state index contributed by atoms with van der Waals surface area (Å²) in [5, 5.41) is 0.393. The molecule has 0 saturated heterocycles. The van der Waals surface area contributed by atoms with Gasteiger partial charge in [-0.15, -0.1) is 11.3 Å². The van der Waals surface area contributed by atoms with Gasteiger partial charge in [0.25, 0.3) is 5.91 Å². The molecule has 2 heterocycles. The van der Waals surface area contributed by atoms with Gasteiger partial charge in [-0.25, -0.2) is 0 Å². The maximum atomic E-state index is 12.8. The minimum atomic E-state index is -0.0553. The Morgan fingerprint density at radius 1 is 1.27 bits per heavy atom. The molecule has 0 aliphatic rings. The molecule has 0 N–H and O–H groups in total. The van der Waals surface area contributed by atoms with Gasteiger partial charge in [0.05, 0.1) is 17.1 Å². The van der Waals surface area contributed by atoms with Crippen LogP contribution in [-0.4, -0.2) is 47.9 Å². The number of carbonyl (C=O) groups excluding carboxylic acids is 1. The van der Waals surface area contributed by atoms with Crippen LogP contribution < -0.4 is 0 Å². The quantitative estimate of drug-likeness (QED) is 0.811. The Kier molecular flexibility index (Phi) is 5.94. The second-order valence-corrected chi connectivity index (χ2v) is 7.18. The lowest BCUT2D eigenvalue weighted by molar-refractivity contribution is 0.0734. The number of halogens is 1. The van der Waals surface area contributed by atoms with Crippen LogP contribution in [0.4, 0.5) is 0 Å². The van der Waals surface area contributed by atoms with Gasteiger partial charge in [-0.05, 0) is 39.2 Å². The van der Waals surface area contributed by atoms with Crippen molar-refractivity contribution in [2.75, 3.05) is 27.2 Å². The number of aromatic nitrogens is 1. The molecule has 0 bridgehead atoms. The van der Waals surface area contributed by atoms with Crippen molar-refractivity contribution in [3.63, 3.8) is 0 Å². The van der Waals surface area contributed by atoms with Crippen LogP contribution in [0.15, 0.2) is 30.6 Å². The van der Waals surface area contributed by atoms with Crippen molar-refractivity contribution in [3.05, 3.63) is 50.9 Å². The van der Waals surface area contributed by atoms with E-state index in [1.165, 1.54) is 16.0 Å². The van der Waals surface area contributed by atoms with E-state index in [1.807, 2.05) is 19.0 Å². The van der Waals surface area contributed by atoms with Crippen molar-refractivity contribution in [3.8, 4) is 0 Å². The van der Waals surface area contributed by atoms with Gasteiger partial charge in [0.15, 0.2) is 0 Å². The molecule has 0 saturated carbocycles. The molecule has 2 rings (SSSR count). The molecule has 22 heavy (non-hydrogen) atoms. The summed E-state index contributed by atoms with van der Waals surface area (Å²) in [6.45, 7) is 4.13. The van der Waals surface area contributed by atoms with E-state index in [0.717, 1.165) is 6.54 Å². The summed E-state index contributed by atoms with van der Waals surface area (Å²) in [4.78, 5) is 23.1. The Morgan fingerprint density at radius 3 is 2.64 bits per heavy atom. The summed E-state index contributed by atoms with van der Waals surface area (Å²) in [5.41, 5.74) is 0.503. The molecule has 0 aliphatic carbocycles. The van der Waals surface area contributed by atoms with Crippen LogP contribution in [0.2, 0.25) is 5.02 Å². The van der Waals surface area contributed by atoms with Crippen LogP contribution >= 0.6 is 22.9 Å². The molecule has 0 spiro atoms. The fourth-order valence-corrected chi connectivity index (χ4v) is 3.16. The fraction of sp³-hybridized carbons (Fsp3) is 0.375. The molecule has 0 aliphatic heterocycles. The fourth-order valence-electron chi connectivity index (χ4n) is 2.05. The molecule has 118 valence electrons. The maximum Gasteiger partial charge on any atom is 0.255 e. The van der Waals surface area contributed by atoms with Gasteiger partial charge >= 0.3 is 0 Å². The summed E-state index contributed by atoms with van der Waals surface area (Å²) in [7, 11) is 3.99. The van der Waals surface area contributed by atoms with Crippen molar-refractivity contribution >= 4 is 28.8 Å². The number of rotatable bonds is 6. The topological polar surface area (TPSA) is 36.4 Å². The minimum Gasteiger partial charge on any atom is -0.332 e. The predicted molar refractivity (Wildman–Crippen MR) is 91.6 cm³/mol. The first-order valence-corrected chi connectivity index (χ1v) is 8.25. The van der Waals surface area contributed by atoms with Crippen molar-refractivity contribution in [1.29, 1.82) is 0 Å². The summed E-state index contributed by atoms with van der Waals surface area (Å²) in [6, 6.07) is 5.82. The van der Waals surface area contributed by atoms with E-state index in [-0.39, 0.29) is 5.91 Å². The number of aryl methyl sites for hydroxylation is 1. The lowest BCUT2D eigenvalue weighted by atomic mass is 10.2. The SMILES string of the molecule is Cc1ccc(CN(CCN(C)C)C(=O)c2ccncc2Cl)s1. The van der Waals surface area contributed by atoms with Crippen LogP contribution in [0.1, 0.15) is 20.1 Å². The number of carbonyl (C=O) groups is 1. The van der Waals surface area contributed by atoms with Crippen molar-refractivity contribution < 1.29 is 4.79 Å². The van der Waals surface area contributed by atoms with E-state index >= 15 is 0 Å². The van der Waals surface area contributed by atoms with E-state index in [0.29, 0.717) is 23.7 Å². The van der Waals surface area contributed by atoms with Crippen molar-refractivity contribution in [2.45, 2.75) is 13.5 Å². The first-order chi connectivity index (χ1) is 10.5. The van der Waals surface area contributed by atoms with Gasteiger partial charge in [0.2, 0.25) is 0 Å². The third-order valence-corrected chi connectivity index (χ3v) is 4.54. The Hall–Kier alpha value is -1.43. The molecule has 0 atom stereocenters. The Bertz CT molecular complexity index is 642. The standard InChI is InChI=1S/C16H20ClN3OS/c1-12-4-5-13(22-12)11-20(9-8-19(2)3)16(21)14-6-7-18-10-15(14)17/h4-7,10H,8-9,11H2,1-3H3. The van der Waals surface area contributed by atoms with Crippen molar-refractivity contribution in [2.24, 2.45) is 0 Å². The number of hydrogen-bond donors (Lipinski definition) is 0. The summed E-state index contributed by atoms with van der Waals surface area (Å²) >= 11 is 7.83. The highest BCUT2D eigenvalue weighted by Gasteiger charge is 2.19. The lowest BCUT2D eigenvalue weighted by Gasteiger charge is -2.24. The van der Waals surface area contributed by atoms with E-state index in [2.05, 4.69) is 28.9 Å². The summed E-state index contributed by atoms with van der Waals surface area (Å²) < 4.78 is 0. The summed E-state index contributed by atoms with van der Waals surface area (Å²) in [6.07, 6.45) is 3.10. The number of thiophene rings is 1. The highest BCUT2D eigenvalue weighted by molar-refractivity contribution is 7.11. The molecular formula is C16H20ClN3OS. The molecule has 0 radical (unpaired) electrons.